The van der Waals surface area contributed by atoms with Crippen LogP contribution in [-0.4, -0.2) is 15.6 Å². The van der Waals surface area contributed by atoms with Crippen LogP contribution in [0.2, 0.25) is 0 Å². The average Bonchev–Trinajstić information content (AvgIpc) is 2.90. The van der Waals surface area contributed by atoms with Gasteiger partial charge >= 0.3 is 0 Å². The standard InChI is InChI=1S/C18H13N3O2/c22-17-11-5-8-14(19-17)18(23)20-21-15-9-3-1-6-12(15)13-7-2-4-10-16(13)21/h1-11H,(H,19,22)(H,20,23). The van der Waals surface area contributed by atoms with E-state index in [-0.39, 0.29) is 17.2 Å². The van der Waals surface area contributed by atoms with E-state index in [0.717, 1.165) is 21.8 Å². The summed E-state index contributed by atoms with van der Waals surface area (Å²) in [7, 11) is 0. The van der Waals surface area contributed by atoms with Gasteiger partial charge in [-0.3, -0.25) is 19.7 Å². The van der Waals surface area contributed by atoms with Gasteiger partial charge in [0.15, 0.2) is 0 Å². The Hall–Kier alpha value is -3.34. The first kappa shape index (κ1) is 13.3. The van der Waals surface area contributed by atoms with E-state index >= 15 is 0 Å². The molecular weight excluding hydrogens is 290 g/mol. The average molecular weight is 303 g/mol. The molecule has 0 aliphatic carbocycles. The van der Waals surface area contributed by atoms with Gasteiger partial charge in [0, 0.05) is 16.8 Å². The Morgan fingerprint density at radius 2 is 1.43 bits per heavy atom. The molecule has 0 fully saturated rings. The number of aromatic amines is 1. The molecule has 4 aromatic rings. The molecule has 2 heterocycles. The lowest BCUT2D eigenvalue weighted by molar-refractivity contribution is 0.100. The van der Waals surface area contributed by atoms with Gasteiger partial charge in [-0.25, -0.2) is 0 Å². The molecule has 5 nitrogen and oxygen atoms in total. The van der Waals surface area contributed by atoms with Crippen LogP contribution in [0.25, 0.3) is 21.8 Å². The third kappa shape index (κ3) is 2.19. The molecule has 1 amide bonds. The van der Waals surface area contributed by atoms with Crippen molar-refractivity contribution in [1.82, 2.24) is 9.66 Å². The second-order valence-electron chi connectivity index (χ2n) is 5.24. The topological polar surface area (TPSA) is 66.9 Å². The molecule has 0 aliphatic rings. The zero-order chi connectivity index (χ0) is 15.8. The zero-order valence-corrected chi connectivity index (χ0v) is 12.1. The quantitative estimate of drug-likeness (QED) is 0.598. The van der Waals surface area contributed by atoms with E-state index in [0.29, 0.717) is 0 Å². The van der Waals surface area contributed by atoms with E-state index in [1.54, 1.807) is 16.8 Å². The summed E-state index contributed by atoms with van der Waals surface area (Å²) in [6, 6.07) is 20.2. The Balaban J connectivity index is 1.87. The summed E-state index contributed by atoms with van der Waals surface area (Å²) in [4.78, 5) is 26.4. The molecule has 0 unspecified atom stereocenters. The van der Waals surface area contributed by atoms with Crippen LogP contribution >= 0.6 is 0 Å². The van der Waals surface area contributed by atoms with E-state index in [1.165, 1.54) is 6.07 Å². The van der Waals surface area contributed by atoms with Crippen molar-refractivity contribution in [2.45, 2.75) is 0 Å². The van der Waals surface area contributed by atoms with Crippen LogP contribution in [0.1, 0.15) is 10.5 Å². The molecule has 0 spiro atoms. The summed E-state index contributed by atoms with van der Waals surface area (Å²) in [5.74, 6) is -0.366. The molecular formula is C18H13N3O2. The summed E-state index contributed by atoms with van der Waals surface area (Å²) < 4.78 is 1.75. The fraction of sp³-hybridized carbons (Fsp3) is 0. The molecule has 0 bridgehead atoms. The number of hydrogen-bond donors (Lipinski definition) is 2. The van der Waals surface area contributed by atoms with E-state index < -0.39 is 0 Å². The second kappa shape index (κ2) is 5.14. The van der Waals surface area contributed by atoms with Crippen molar-refractivity contribution in [1.29, 1.82) is 0 Å². The van der Waals surface area contributed by atoms with Crippen molar-refractivity contribution < 1.29 is 4.79 Å². The van der Waals surface area contributed by atoms with Gasteiger partial charge in [0.2, 0.25) is 5.56 Å². The minimum Gasteiger partial charge on any atom is -0.318 e. The predicted octanol–water partition coefficient (Wildman–Crippen LogP) is 2.87. The summed E-state index contributed by atoms with van der Waals surface area (Å²) in [5.41, 5.74) is 4.58. The molecule has 5 heteroatoms. The fourth-order valence-electron chi connectivity index (χ4n) is 2.79. The van der Waals surface area contributed by atoms with Gasteiger partial charge in [0.25, 0.3) is 5.91 Å². The van der Waals surface area contributed by atoms with Gasteiger partial charge in [-0.15, -0.1) is 0 Å². The normalized spacial score (nSPS) is 11.0. The summed E-state index contributed by atoms with van der Waals surface area (Å²) in [6.45, 7) is 0. The Morgan fingerprint density at radius 3 is 2.04 bits per heavy atom. The van der Waals surface area contributed by atoms with Crippen molar-refractivity contribution in [3.05, 3.63) is 82.8 Å². The molecule has 0 radical (unpaired) electrons. The SMILES string of the molecule is O=C(Nn1c2ccccc2c2ccccc21)c1cccc(=O)[nH]1. The van der Waals surface area contributed by atoms with Crippen molar-refractivity contribution in [2.75, 3.05) is 5.43 Å². The van der Waals surface area contributed by atoms with E-state index in [1.807, 2.05) is 48.5 Å². The lowest BCUT2D eigenvalue weighted by atomic mass is 10.2. The Bertz CT molecular complexity index is 1040. The summed E-state index contributed by atoms with van der Waals surface area (Å²) in [5, 5.41) is 2.12. The van der Waals surface area contributed by atoms with Gasteiger partial charge in [-0.2, -0.15) is 0 Å². The van der Waals surface area contributed by atoms with Crippen LogP contribution in [0.5, 0.6) is 0 Å². The number of carbonyl (C=O) groups is 1. The maximum atomic E-state index is 12.4. The van der Waals surface area contributed by atoms with Crippen LogP contribution in [0.15, 0.2) is 71.5 Å². The minimum atomic E-state index is -0.366. The number of pyridine rings is 1. The lowest BCUT2D eigenvalue weighted by Gasteiger charge is -2.09. The number of nitrogens with zero attached hydrogens (tertiary/aromatic N) is 1. The van der Waals surface area contributed by atoms with Gasteiger partial charge in [-0.1, -0.05) is 42.5 Å². The van der Waals surface area contributed by atoms with Crippen molar-refractivity contribution in [3.63, 3.8) is 0 Å². The molecule has 2 aromatic heterocycles. The predicted molar refractivity (Wildman–Crippen MR) is 90.2 cm³/mol. The highest BCUT2D eigenvalue weighted by atomic mass is 16.2. The molecule has 0 saturated heterocycles. The van der Waals surface area contributed by atoms with E-state index in [4.69, 9.17) is 0 Å². The molecule has 23 heavy (non-hydrogen) atoms. The number of carbonyl (C=O) groups excluding carboxylic acids is 1. The lowest BCUT2D eigenvalue weighted by Crippen LogP contribution is -2.25. The highest BCUT2D eigenvalue weighted by molar-refractivity contribution is 6.10. The van der Waals surface area contributed by atoms with Crippen molar-refractivity contribution in [2.24, 2.45) is 0 Å². The highest BCUT2D eigenvalue weighted by Crippen LogP contribution is 2.27. The van der Waals surface area contributed by atoms with Crippen LogP contribution in [0.3, 0.4) is 0 Å². The maximum absolute atomic E-state index is 12.4. The molecule has 2 N–H and O–H groups in total. The molecule has 0 aliphatic heterocycles. The second-order valence-corrected chi connectivity index (χ2v) is 5.24. The number of aromatic nitrogens is 2. The van der Waals surface area contributed by atoms with Crippen LogP contribution in [0.4, 0.5) is 0 Å². The molecule has 0 saturated carbocycles. The first-order valence-electron chi connectivity index (χ1n) is 7.23. The molecule has 112 valence electrons. The third-order valence-electron chi connectivity index (χ3n) is 3.81. The van der Waals surface area contributed by atoms with Gasteiger partial charge in [0.05, 0.1) is 11.0 Å². The Labute approximate surface area is 131 Å². The molecule has 2 aromatic carbocycles. The minimum absolute atomic E-state index is 0.222. The summed E-state index contributed by atoms with van der Waals surface area (Å²) >= 11 is 0. The Kier molecular flexibility index (Phi) is 2.98. The first-order chi connectivity index (χ1) is 11.2. The van der Waals surface area contributed by atoms with Gasteiger partial charge in [0.1, 0.15) is 5.69 Å². The van der Waals surface area contributed by atoms with Crippen LogP contribution in [0, 0.1) is 0 Å². The Morgan fingerprint density at radius 1 is 0.826 bits per heavy atom. The first-order valence-corrected chi connectivity index (χ1v) is 7.23. The highest BCUT2D eigenvalue weighted by Gasteiger charge is 2.13. The van der Waals surface area contributed by atoms with E-state index in [2.05, 4.69) is 10.4 Å². The number of H-pyrrole nitrogens is 1. The monoisotopic (exact) mass is 303 g/mol. The number of fused-ring (bicyclic) bond motifs is 3. The third-order valence-corrected chi connectivity index (χ3v) is 3.81. The largest absolute Gasteiger partial charge is 0.318 e. The summed E-state index contributed by atoms with van der Waals surface area (Å²) in [6.07, 6.45) is 0. The molecule has 4 rings (SSSR count). The molecule has 0 atom stereocenters. The number of nitrogens with one attached hydrogen (secondary N) is 2. The van der Waals surface area contributed by atoms with E-state index in [9.17, 15) is 9.59 Å². The number of amides is 1. The maximum Gasteiger partial charge on any atom is 0.286 e. The van der Waals surface area contributed by atoms with Crippen molar-refractivity contribution >= 4 is 27.7 Å². The van der Waals surface area contributed by atoms with Crippen LogP contribution < -0.4 is 11.0 Å². The van der Waals surface area contributed by atoms with Crippen LogP contribution in [-0.2, 0) is 0 Å². The number of para-hydroxylation sites is 2. The smallest absolute Gasteiger partial charge is 0.286 e. The number of hydrogen-bond acceptors (Lipinski definition) is 2. The van der Waals surface area contributed by atoms with Crippen molar-refractivity contribution in [3.8, 4) is 0 Å². The zero-order valence-electron chi connectivity index (χ0n) is 12.1. The van der Waals surface area contributed by atoms with Gasteiger partial charge < -0.3 is 4.98 Å². The fourth-order valence-corrected chi connectivity index (χ4v) is 2.79. The number of rotatable bonds is 2. The number of benzene rings is 2. The van der Waals surface area contributed by atoms with Gasteiger partial charge in [-0.05, 0) is 18.2 Å².